The highest BCUT2D eigenvalue weighted by molar-refractivity contribution is 5.37. The van der Waals surface area contributed by atoms with Gasteiger partial charge in [-0.2, -0.15) is 0 Å². The fraction of sp³-hybridized carbons (Fsp3) is 0.154. The maximum absolute atomic E-state index is 11.9. The van der Waals surface area contributed by atoms with Gasteiger partial charge in [0.2, 0.25) is 0 Å². The minimum absolute atomic E-state index is 0.0285. The van der Waals surface area contributed by atoms with Crippen molar-refractivity contribution in [3.05, 3.63) is 58.5 Å². The second kappa shape index (κ2) is 4.23. The van der Waals surface area contributed by atoms with Crippen LogP contribution in [-0.4, -0.2) is 9.67 Å². The molecular weight excluding hydrogens is 202 g/mol. The van der Waals surface area contributed by atoms with Gasteiger partial charge in [0.1, 0.15) is 5.75 Å². The van der Waals surface area contributed by atoms with Crippen LogP contribution in [0.1, 0.15) is 19.3 Å². The lowest BCUT2D eigenvalue weighted by molar-refractivity contribution is 0.475. The van der Waals surface area contributed by atoms with E-state index in [1.807, 2.05) is 0 Å². The Hall–Kier alpha value is -2.03. The predicted molar refractivity (Wildman–Crippen MR) is 63.1 cm³/mol. The Bertz CT molecular complexity index is 704. The van der Waals surface area contributed by atoms with E-state index in [2.05, 4.69) is 0 Å². The highest BCUT2D eigenvalue weighted by Crippen LogP contribution is 2.12. The third-order valence-corrected chi connectivity index (χ3v) is 2.18. The number of aromatic hydroxyl groups is 1. The van der Waals surface area contributed by atoms with E-state index in [1.165, 1.54) is 36.5 Å². The summed E-state index contributed by atoms with van der Waals surface area (Å²) in [6, 6.07) is 8.01. The number of aryl methyl sites for hydroxylation is 1. The molecule has 3 heteroatoms. The summed E-state index contributed by atoms with van der Waals surface area (Å²) in [6.45, 7) is -2.84. The Morgan fingerprint density at radius 3 is 2.75 bits per heavy atom. The first-order chi connectivity index (χ1) is 9.63. The molecule has 0 saturated heterocycles. The van der Waals surface area contributed by atoms with Crippen molar-refractivity contribution in [2.45, 2.75) is 13.2 Å². The molecule has 3 nitrogen and oxygen atoms in total. The largest absolute Gasteiger partial charge is 0.508 e. The van der Waals surface area contributed by atoms with Gasteiger partial charge in [0.05, 0.1) is 0 Å². The van der Waals surface area contributed by atoms with E-state index in [-0.39, 0.29) is 11.3 Å². The number of aromatic nitrogens is 1. The first-order valence-electron chi connectivity index (χ1n) is 7.15. The van der Waals surface area contributed by atoms with Crippen LogP contribution in [0.25, 0.3) is 5.69 Å². The molecule has 0 amide bonds. The SMILES string of the molecule is [2H]C([2H])([2H])C([2H])([2H])c1ccc(=O)n(-c2ccc(O)cc2)c1. The molecule has 0 fully saturated rings. The lowest BCUT2D eigenvalue weighted by atomic mass is 10.2. The Labute approximate surface area is 101 Å². The zero-order chi connectivity index (χ0) is 15.8. The van der Waals surface area contributed by atoms with Crippen LogP contribution in [0.3, 0.4) is 0 Å². The number of hydrogen-bond acceptors (Lipinski definition) is 2. The average Bonchev–Trinajstić information content (AvgIpc) is 2.39. The highest BCUT2D eigenvalue weighted by atomic mass is 16.3. The van der Waals surface area contributed by atoms with Crippen molar-refractivity contribution < 1.29 is 12.0 Å². The van der Waals surface area contributed by atoms with Gasteiger partial charge in [-0.3, -0.25) is 9.36 Å². The number of phenolic OH excluding ortho intramolecular Hbond substituents is 1. The standard InChI is InChI=1S/C13H13NO2/c1-2-10-3-8-13(16)14(9-10)11-4-6-12(15)7-5-11/h3-9,15H,2H2,1H3/i1D3,2D2. The maximum atomic E-state index is 11.9. The number of benzene rings is 1. The number of rotatable bonds is 2. The van der Waals surface area contributed by atoms with Gasteiger partial charge in [0.15, 0.2) is 0 Å². The fourth-order valence-corrected chi connectivity index (χ4v) is 1.38. The third-order valence-electron chi connectivity index (χ3n) is 2.18. The predicted octanol–water partition coefficient (Wildman–Crippen LogP) is 2.11. The lowest BCUT2D eigenvalue weighted by Crippen LogP contribution is -2.16. The van der Waals surface area contributed by atoms with E-state index in [1.54, 1.807) is 0 Å². The van der Waals surface area contributed by atoms with Crippen LogP contribution >= 0.6 is 0 Å². The zero-order valence-electron chi connectivity index (χ0n) is 13.3. The molecule has 2 aromatic rings. The van der Waals surface area contributed by atoms with E-state index in [0.29, 0.717) is 5.69 Å². The molecule has 1 aromatic carbocycles. The summed E-state index contributed by atoms with van der Waals surface area (Å²) in [5.41, 5.74) is -0.137. The first-order valence-corrected chi connectivity index (χ1v) is 4.65. The van der Waals surface area contributed by atoms with Gasteiger partial charge < -0.3 is 5.11 Å². The molecular formula is C13H13NO2. The second-order valence-corrected chi connectivity index (χ2v) is 3.27. The molecule has 0 bridgehead atoms. The van der Waals surface area contributed by atoms with Crippen molar-refractivity contribution >= 4 is 0 Å². The molecule has 1 aromatic heterocycles. The molecule has 82 valence electrons. The molecule has 0 atom stereocenters. The maximum Gasteiger partial charge on any atom is 0.255 e. The Kier molecular flexibility index (Phi) is 1.56. The van der Waals surface area contributed by atoms with E-state index in [0.717, 1.165) is 10.6 Å². The van der Waals surface area contributed by atoms with E-state index >= 15 is 0 Å². The van der Waals surface area contributed by atoms with Gasteiger partial charge in [0, 0.05) is 24.8 Å². The van der Waals surface area contributed by atoms with Gasteiger partial charge in [-0.1, -0.05) is 12.9 Å². The van der Waals surface area contributed by atoms with Crippen molar-refractivity contribution in [3.63, 3.8) is 0 Å². The molecule has 2 rings (SSSR count). The minimum Gasteiger partial charge on any atom is -0.508 e. The molecule has 1 heterocycles. The molecule has 16 heavy (non-hydrogen) atoms. The van der Waals surface area contributed by atoms with Crippen LogP contribution in [0.2, 0.25) is 0 Å². The number of nitrogens with zero attached hydrogens (tertiary/aromatic N) is 1. The van der Waals surface area contributed by atoms with Crippen LogP contribution in [0, 0.1) is 0 Å². The summed E-state index contributed by atoms with van der Waals surface area (Å²) in [5.74, 6) is 0.0285. The van der Waals surface area contributed by atoms with Gasteiger partial charge in [0.25, 0.3) is 5.56 Å². The summed E-state index contributed by atoms with van der Waals surface area (Å²) >= 11 is 0. The number of hydrogen-bond donors (Lipinski definition) is 1. The molecule has 0 aliphatic carbocycles. The van der Waals surface area contributed by atoms with Crippen LogP contribution in [0.15, 0.2) is 47.4 Å². The van der Waals surface area contributed by atoms with Crippen molar-refractivity contribution in [2.24, 2.45) is 0 Å². The van der Waals surface area contributed by atoms with Crippen LogP contribution in [-0.2, 0) is 6.37 Å². The first kappa shape index (κ1) is 5.89. The van der Waals surface area contributed by atoms with E-state index < -0.39 is 18.8 Å². The Balaban J connectivity index is 2.58. The molecule has 0 aliphatic heterocycles. The van der Waals surface area contributed by atoms with Crippen molar-refractivity contribution in [1.29, 1.82) is 0 Å². The molecule has 0 aliphatic rings. The van der Waals surface area contributed by atoms with Crippen molar-refractivity contribution in [1.82, 2.24) is 4.57 Å². The molecule has 0 unspecified atom stereocenters. The van der Waals surface area contributed by atoms with Gasteiger partial charge >= 0.3 is 0 Å². The lowest BCUT2D eigenvalue weighted by Gasteiger charge is -2.07. The molecule has 0 radical (unpaired) electrons. The summed E-state index contributed by atoms with van der Waals surface area (Å²) in [6.07, 6.45) is -1.40. The Morgan fingerprint density at radius 1 is 1.31 bits per heavy atom. The summed E-state index contributed by atoms with van der Waals surface area (Å²) in [7, 11) is 0. The van der Waals surface area contributed by atoms with Crippen molar-refractivity contribution in [3.8, 4) is 11.4 Å². The highest BCUT2D eigenvalue weighted by Gasteiger charge is 2.00. The average molecular weight is 220 g/mol. The molecule has 0 saturated carbocycles. The Morgan fingerprint density at radius 2 is 2.06 bits per heavy atom. The van der Waals surface area contributed by atoms with E-state index in [9.17, 15) is 9.90 Å². The van der Waals surface area contributed by atoms with Crippen LogP contribution in [0.4, 0.5) is 0 Å². The zero-order valence-corrected chi connectivity index (χ0v) is 8.34. The minimum atomic E-state index is -2.84. The fourth-order valence-electron chi connectivity index (χ4n) is 1.38. The van der Waals surface area contributed by atoms with Gasteiger partial charge in [-0.05, 0) is 36.2 Å². The smallest absolute Gasteiger partial charge is 0.255 e. The topological polar surface area (TPSA) is 42.2 Å². The quantitative estimate of drug-likeness (QED) is 0.842. The summed E-state index contributed by atoms with van der Waals surface area (Å²) in [5, 5.41) is 9.24. The monoisotopic (exact) mass is 220 g/mol. The van der Waals surface area contributed by atoms with Gasteiger partial charge in [-0.25, -0.2) is 0 Å². The van der Waals surface area contributed by atoms with Crippen LogP contribution in [0.5, 0.6) is 5.75 Å². The van der Waals surface area contributed by atoms with Crippen LogP contribution < -0.4 is 5.56 Å². The molecule has 1 N–H and O–H groups in total. The van der Waals surface area contributed by atoms with Crippen molar-refractivity contribution in [2.75, 3.05) is 0 Å². The van der Waals surface area contributed by atoms with Gasteiger partial charge in [-0.15, -0.1) is 0 Å². The second-order valence-electron chi connectivity index (χ2n) is 3.27. The normalized spacial score (nSPS) is 16.6. The van der Waals surface area contributed by atoms with E-state index in [4.69, 9.17) is 6.85 Å². The molecule has 0 spiro atoms. The number of pyridine rings is 1. The third kappa shape index (κ3) is 1.98. The summed E-state index contributed by atoms with van der Waals surface area (Å²) < 4.78 is 38.4. The number of phenols is 1. The summed E-state index contributed by atoms with van der Waals surface area (Å²) in [4.78, 5) is 11.9.